The predicted molar refractivity (Wildman–Crippen MR) is 108 cm³/mol. The van der Waals surface area contributed by atoms with Gasteiger partial charge in [-0.25, -0.2) is 4.98 Å². The lowest BCUT2D eigenvalue weighted by atomic mass is 10.0. The van der Waals surface area contributed by atoms with Gasteiger partial charge in [-0.15, -0.1) is 0 Å². The summed E-state index contributed by atoms with van der Waals surface area (Å²) >= 11 is 0. The van der Waals surface area contributed by atoms with Gasteiger partial charge in [0.2, 0.25) is 5.89 Å². The maximum atomic E-state index is 10.9. The van der Waals surface area contributed by atoms with E-state index in [9.17, 15) is 10.1 Å². The molecule has 0 saturated carbocycles. The highest BCUT2D eigenvalue weighted by molar-refractivity contribution is 5.79. The molecule has 1 aliphatic rings. The topological polar surface area (TPSA) is 72.4 Å². The number of anilines is 2. The van der Waals surface area contributed by atoms with E-state index in [2.05, 4.69) is 46.3 Å². The fourth-order valence-corrected chi connectivity index (χ4v) is 3.74. The molecule has 0 atom stereocenters. The van der Waals surface area contributed by atoms with E-state index < -0.39 is 4.92 Å². The Morgan fingerprint density at radius 1 is 1.04 bits per heavy atom. The van der Waals surface area contributed by atoms with Crippen molar-refractivity contribution in [3.63, 3.8) is 0 Å². The summed E-state index contributed by atoms with van der Waals surface area (Å²) < 4.78 is 5.78. The van der Waals surface area contributed by atoms with Crippen molar-refractivity contribution in [3.8, 4) is 11.5 Å². The van der Waals surface area contributed by atoms with Gasteiger partial charge in [0.25, 0.3) is 5.69 Å². The highest BCUT2D eigenvalue weighted by Gasteiger charge is 2.18. The standard InChI is InChI=1S/C22H17N3O3/c26-25(27)18-11-12-21-19(14-18)23-22(28-21)16-7-9-17(10-8-16)24-13-3-5-15-4-1-2-6-20(15)24/h1-2,4,6-12,14H,3,5,13H2. The lowest BCUT2D eigenvalue weighted by Gasteiger charge is -2.31. The van der Waals surface area contributed by atoms with Gasteiger partial charge in [0, 0.05) is 35.6 Å². The van der Waals surface area contributed by atoms with Gasteiger partial charge in [-0.3, -0.25) is 10.1 Å². The summed E-state index contributed by atoms with van der Waals surface area (Å²) in [5.41, 5.74) is 5.63. The van der Waals surface area contributed by atoms with Crippen molar-refractivity contribution in [2.45, 2.75) is 12.8 Å². The predicted octanol–water partition coefficient (Wildman–Crippen LogP) is 5.49. The second-order valence-electron chi connectivity index (χ2n) is 6.86. The molecule has 28 heavy (non-hydrogen) atoms. The molecular formula is C22H17N3O3. The Morgan fingerprint density at radius 3 is 2.68 bits per heavy atom. The lowest BCUT2D eigenvalue weighted by Crippen LogP contribution is -2.24. The molecule has 1 aliphatic heterocycles. The van der Waals surface area contributed by atoms with Crippen molar-refractivity contribution in [1.29, 1.82) is 0 Å². The Morgan fingerprint density at radius 2 is 1.86 bits per heavy atom. The summed E-state index contributed by atoms with van der Waals surface area (Å²) in [6.07, 6.45) is 2.24. The van der Waals surface area contributed by atoms with Crippen molar-refractivity contribution >= 4 is 28.2 Å². The lowest BCUT2D eigenvalue weighted by molar-refractivity contribution is -0.384. The van der Waals surface area contributed by atoms with Crippen molar-refractivity contribution in [2.75, 3.05) is 11.4 Å². The van der Waals surface area contributed by atoms with Crippen LogP contribution in [0.15, 0.2) is 71.1 Å². The van der Waals surface area contributed by atoms with Crippen LogP contribution in [0.1, 0.15) is 12.0 Å². The molecule has 3 aromatic carbocycles. The van der Waals surface area contributed by atoms with Crippen molar-refractivity contribution < 1.29 is 9.34 Å². The van der Waals surface area contributed by atoms with Crippen LogP contribution in [0.25, 0.3) is 22.6 Å². The van der Waals surface area contributed by atoms with Gasteiger partial charge in [0.15, 0.2) is 5.58 Å². The molecule has 0 bridgehead atoms. The van der Waals surface area contributed by atoms with Crippen LogP contribution in [0.5, 0.6) is 0 Å². The van der Waals surface area contributed by atoms with Gasteiger partial charge >= 0.3 is 0 Å². The molecular weight excluding hydrogens is 354 g/mol. The molecule has 0 spiro atoms. The molecule has 0 radical (unpaired) electrons. The van der Waals surface area contributed by atoms with Gasteiger partial charge in [-0.2, -0.15) is 0 Å². The summed E-state index contributed by atoms with van der Waals surface area (Å²) in [4.78, 5) is 17.3. The molecule has 0 fully saturated rings. The van der Waals surface area contributed by atoms with Crippen molar-refractivity contribution in [3.05, 3.63) is 82.4 Å². The molecule has 138 valence electrons. The van der Waals surface area contributed by atoms with Crippen molar-refractivity contribution in [2.24, 2.45) is 0 Å². The van der Waals surface area contributed by atoms with E-state index in [1.807, 2.05) is 12.1 Å². The SMILES string of the molecule is O=[N+]([O-])c1ccc2oc(-c3ccc(N4CCCc5ccccc54)cc3)nc2c1. The third kappa shape index (κ3) is 2.79. The van der Waals surface area contributed by atoms with E-state index >= 15 is 0 Å². The minimum Gasteiger partial charge on any atom is -0.436 e. The van der Waals surface area contributed by atoms with E-state index in [0.29, 0.717) is 17.0 Å². The molecule has 4 aromatic rings. The largest absolute Gasteiger partial charge is 0.436 e. The average molecular weight is 371 g/mol. The Balaban J connectivity index is 1.47. The zero-order valence-electron chi connectivity index (χ0n) is 15.0. The number of aryl methyl sites for hydroxylation is 1. The van der Waals surface area contributed by atoms with Gasteiger partial charge < -0.3 is 9.32 Å². The summed E-state index contributed by atoms with van der Waals surface area (Å²) in [6.45, 7) is 0.989. The summed E-state index contributed by atoms with van der Waals surface area (Å²) in [7, 11) is 0. The monoisotopic (exact) mass is 371 g/mol. The van der Waals surface area contributed by atoms with Gasteiger partial charge in [0.1, 0.15) is 5.52 Å². The number of hydrogen-bond acceptors (Lipinski definition) is 5. The number of oxazole rings is 1. The molecule has 2 heterocycles. The number of nitro benzene ring substituents is 1. The number of hydrogen-bond donors (Lipinski definition) is 0. The first-order valence-electron chi connectivity index (χ1n) is 9.20. The number of benzene rings is 3. The van der Waals surface area contributed by atoms with Gasteiger partial charge in [-0.05, 0) is 54.8 Å². The summed E-state index contributed by atoms with van der Waals surface area (Å²) in [5.74, 6) is 0.459. The first-order chi connectivity index (χ1) is 13.7. The van der Waals surface area contributed by atoms with Crippen molar-refractivity contribution in [1.82, 2.24) is 4.98 Å². The molecule has 0 N–H and O–H groups in total. The Labute approximate surface area is 161 Å². The van der Waals surface area contributed by atoms with Crippen LogP contribution in [-0.2, 0) is 6.42 Å². The first-order valence-corrected chi connectivity index (χ1v) is 9.20. The molecule has 0 saturated heterocycles. The zero-order chi connectivity index (χ0) is 19.1. The van der Waals surface area contributed by atoms with E-state index in [4.69, 9.17) is 4.42 Å². The van der Waals surface area contributed by atoms with Crippen LogP contribution in [0.3, 0.4) is 0 Å². The van der Waals surface area contributed by atoms with E-state index in [0.717, 1.165) is 30.6 Å². The maximum Gasteiger partial charge on any atom is 0.271 e. The first kappa shape index (κ1) is 16.5. The van der Waals surface area contributed by atoms with Crippen LogP contribution in [0.2, 0.25) is 0 Å². The average Bonchev–Trinajstić information content (AvgIpc) is 3.17. The highest BCUT2D eigenvalue weighted by Crippen LogP contribution is 2.34. The minimum absolute atomic E-state index is 0.00598. The molecule has 5 rings (SSSR count). The maximum absolute atomic E-state index is 10.9. The van der Waals surface area contributed by atoms with Crippen LogP contribution in [0.4, 0.5) is 17.1 Å². The van der Waals surface area contributed by atoms with E-state index in [1.165, 1.54) is 23.4 Å². The van der Waals surface area contributed by atoms with Crippen LogP contribution in [0, 0.1) is 10.1 Å². The molecule has 0 aliphatic carbocycles. The van der Waals surface area contributed by atoms with Gasteiger partial charge in [0.05, 0.1) is 4.92 Å². The summed E-state index contributed by atoms with van der Waals surface area (Å²) in [5, 5.41) is 10.9. The third-order valence-corrected chi connectivity index (χ3v) is 5.12. The van der Waals surface area contributed by atoms with Crippen LogP contribution < -0.4 is 4.90 Å². The number of fused-ring (bicyclic) bond motifs is 2. The number of rotatable bonds is 3. The fourth-order valence-electron chi connectivity index (χ4n) is 3.74. The molecule has 0 unspecified atom stereocenters. The number of non-ortho nitro benzene ring substituents is 1. The third-order valence-electron chi connectivity index (χ3n) is 5.12. The normalized spacial score (nSPS) is 13.5. The van der Waals surface area contributed by atoms with E-state index in [1.54, 1.807) is 6.07 Å². The van der Waals surface area contributed by atoms with E-state index in [-0.39, 0.29) is 5.69 Å². The Hall–Kier alpha value is -3.67. The number of nitro groups is 1. The highest BCUT2D eigenvalue weighted by atomic mass is 16.6. The Kier molecular flexibility index (Phi) is 3.83. The molecule has 1 aromatic heterocycles. The summed E-state index contributed by atoms with van der Waals surface area (Å²) in [6, 6.07) is 21.0. The quantitative estimate of drug-likeness (QED) is 0.352. The molecule has 6 heteroatoms. The van der Waals surface area contributed by atoms with Gasteiger partial charge in [-0.1, -0.05) is 18.2 Å². The molecule has 0 amide bonds. The van der Waals surface area contributed by atoms with Crippen LogP contribution >= 0.6 is 0 Å². The number of para-hydroxylation sites is 1. The fraction of sp³-hybridized carbons (Fsp3) is 0.136. The minimum atomic E-state index is -0.432. The second-order valence-corrected chi connectivity index (χ2v) is 6.86. The smallest absolute Gasteiger partial charge is 0.271 e. The molecule has 6 nitrogen and oxygen atoms in total. The van der Waals surface area contributed by atoms with Crippen LogP contribution in [-0.4, -0.2) is 16.5 Å². The number of aromatic nitrogens is 1. The zero-order valence-corrected chi connectivity index (χ0v) is 15.0. The Bertz CT molecular complexity index is 1180. The number of nitrogens with zero attached hydrogens (tertiary/aromatic N) is 3. The second kappa shape index (κ2) is 6.49.